The molecule has 4 heteroatoms. The summed E-state index contributed by atoms with van der Waals surface area (Å²) < 4.78 is 19.6. The molecule has 24 heavy (non-hydrogen) atoms. The highest BCUT2D eigenvalue weighted by Gasteiger charge is 2.20. The summed E-state index contributed by atoms with van der Waals surface area (Å²) in [6.07, 6.45) is -0.223. The number of carbonyl (C=O) groups excluding carboxylic acids is 1. The normalized spacial score (nSPS) is 11.9. The number of nitrogens with one attached hydrogen (secondary N) is 1. The van der Waals surface area contributed by atoms with Crippen molar-refractivity contribution >= 4 is 22.4 Å². The summed E-state index contributed by atoms with van der Waals surface area (Å²) in [4.78, 5) is 12.4. The van der Waals surface area contributed by atoms with E-state index in [2.05, 4.69) is 5.32 Å². The topological polar surface area (TPSA) is 38.3 Å². The van der Waals surface area contributed by atoms with Crippen LogP contribution in [0.2, 0.25) is 0 Å². The van der Waals surface area contributed by atoms with Crippen LogP contribution >= 0.6 is 0 Å². The van der Waals surface area contributed by atoms with Gasteiger partial charge in [-0.3, -0.25) is 4.79 Å². The van der Waals surface area contributed by atoms with E-state index in [1.165, 1.54) is 12.1 Å². The molecule has 0 saturated heterocycles. The summed E-state index contributed by atoms with van der Waals surface area (Å²) in [5.41, 5.74) is 0.155. The monoisotopic (exact) mass is 323 g/mol. The molecule has 0 aliphatic rings. The van der Waals surface area contributed by atoms with Gasteiger partial charge < -0.3 is 10.1 Å². The van der Waals surface area contributed by atoms with Crippen molar-refractivity contribution in [3.05, 3.63) is 72.5 Å². The Balaban J connectivity index is 1.81. The van der Waals surface area contributed by atoms with Crippen LogP contribution in [0.1, 0.15) is 13.3 Å². The van der Waals surface area contributed by atoms with Crippen LogP contribution in [0, 0.1) is 5.82 Å². The van der Waals surface area contributed by atoms with E-state index >= 15 is 0 Å². The maximum atomic E-state index is 13.7. The van der Waals surface area contributed by atoms with Crippen molar-refractivity contribution in [1.82, 2.24) is 0 Å². The van der Waals surface area contributed by atoms with Crippen molar-refractivity contribution in [1.29, 1.82) is 0 Å². The SMILES string of the molecule is CC[C@H](Oc1cccc2ccccc12)C(=O)Nc1ccccc1F. The molecular formula is C20H18FNO2. The number of halogens is 1. The van der Waals surface area contributed by atoms with Gasteiger partial charge in [0.25, 0.3) is 5.91 Å². The number of anilines is 1. The molecular weight excluding hydrogens is 305 g/mol. The Hall–Kier alpha value is -2.88. The molecule has 0 bridgehead atoms. The van der Waals surface area contributed by atoms with Crippen LogP contribution in [0.25, 0.3) is 10.8 Å². The molecule has 1 N–H and O–H groups in total. The first-order chi connectivity index (χ1) is 11.7. The Morgan fingerprint density at radius 3 is 2.54 bits per heavy atom. The van der Waals surface area contributed by atoms with Crippen LogP contribution in [-0.2, 0) is 4.79 Å². The molecule has 1 amide bonds. The number of benzene rings is 3. The van der Waals surface area contributed by atoms with Crippen LogP contribution in [0.5, 0.6) is 5.75 Å². The molecule has 0 aliphatic carbocycles. The molecule has 0 aromatic heterocycles. The van der Waals surface area contributed by atoms with Gasteiger partial charge in [-0.25, -0.2) is 4.39 Å². The number of hydrogen-bond donors (Lipinski definition) is 1. The van der Waals surface area contributed by atoms with Crippen LogP contribution in [0.4, 0.5) is 10.1 Å². The number of hydrogen-bond acceptors (Lipinski definition) is 2. The van der Waals surface area contributed by atoms with Gasteiger partial charge in [-0.05, 0) is 30.0 Å². The summed E-state index contributed by atoms with van der Waals surface area (Å²) in [7, 11) is 0. The average molecular weight is 323 g/mol. The van der Waals surface area contributed by atoms with E-state index < -0.39 is 11.9 Å². The Labute approximate surface area is 140 Å². The first kappa shape index (κ1) is 16.0. The van der Waals surface area contributed by atoms with Gasteiger partial charge in [0.1, 0.15) is 11.6 Å². The second kappa shape index (κ2) is 7.13. The zero-order valence-corrected chi connectivity index (χ0v) is 13.3. The lowest BCUT2D eigenvalue weighted by atomic mass is 10.1. The highest BCUT2D eigenvalue weighted by Crippen LogP contribution is 2.27. The minimum Gasteiger partial charge on any atom is -0.480 e. The van der Waals surface area contributed by atoms with Crippen LogP contribution in [0.3, 0.4) is 0 Å². The Bertz CT molecular complexity index is 858. The van der Waals surface area contributed by atoms with Gasteiger partial charge >= 0.3 is 0 Å². The van der Waals surface area contributed by atoms with E-state index in [4.69, 9.17) is 4.74 Å². The van der Waals surface area contributed by atoms with Gasteiger partial charge in [0.15, 0.2) is 6.10 Å². The highest BCUT2D eigenvalue weighted by atomic mass is 19.1. The number of rotatable bonds is 5. The third kappa shape index (κ3) is 3.38. The minimum atomic E-state index is -0.699. The van der Waals surface area contributed by atoms with E-state index in [0.29, 0.717) is 12.2 Å². The molecule has 122 valence electrons. The number of amides is 1. The molecule has 3 nitrogen and oxygen atoms in total. The molecule has 0 radical (unpaired) electrons. The predicted molar refractivity (Wildman–Crippen MR) is 93.7 cm³/mol. The molecule has 3 aromatic carbocycles. The zero-order valence-electron chi connectivity index (χ0n) is 13.3. The Morgan fingerprint density at radius 2 is 1.75 bits per heavy atom. The molecule has 3 rings (SSSR count). The highest BCUT2D eigenvalue weighted by molar-refractivity contribution is 5.95. The van der Waals surface area contributed by atoms with E-state index in [1.807, 2.05) is 49.4 Å². The van der Waals surface area contributed by atoms with Crippen molar-refractivity contribution in [3.63, 3.8) is 0 Å². The lowest BCUT2D eigenvalue weighted by molar-refractivity contribution is -0.122. The lowest BCUT2D eigenvalue weighted by Crippen LogP contribution is -2.32. The summed E-state index contributed by atoms with van der Waals surface area (Å²) in [5, 5.41) is 4.57. The van der Waals surface area contributed by atoms with Crippen molar-refractivity contribution < 1.29 is 13.9 Å². The number of ether oxygens (including phenoxy) is 1. The molecule has 0 spiro atoms. The Kier molecular flexibility index (Phi) is 4.75. The molecule has 0 unspecified atom stereocenters. The largest absolute Gasteiger partial charge is 0.480 e. The lowest BCUT2D eigenvalue weighted by Gasteiger charge is -2.18. The third-order valence-corrected chi connectivity index (χ3v) is 3.81. The first-order valence-corrected chi connectivity index (χ1v) is 7.89. The molecule has 0 heterocycles. The van der Waals surface area contributed by atoms with E-state index in [9.17, 15) is 9.18 Å². The summed E-state index contributed by atoms with van der Waals surface area (Å²) >= 11 is 0. The predicted octanol–water partition coefficient (Wildman–Crippen LogP) is 4.78. The smallest absolute Gasteiger partial charge is 0.265 e. The maximum absolute atomic E-state index is 13.7. The van der Waals surface area contributed by atoms with Crippen molar-refractivity contribution in [3.8, 4) is 5.75 Å². The first-order valence-electron chi connectivity index (χ1n) is 7.89. The molecule has 0 fully saturated rings. The second-order valence-corrected chi connectivity index (χ2v) is 5.46. The number of fused-ring (bicyclic) bond motifs is 1. The summed E-state index contributed by atoms with van der Waals surface area (Å²) in [6.45, 7) is 1.86. The van der Waals surface area contributed by atoms with Crippen molar-refractivity contribution in [2.45, 2.75) is 19.4 Å². The van der Waals surface area contributed by atoms with E-state index in [0.717, 1.165) is 10.8 Å². The number of carbonyl (C=O) groups is 1. The van der Waals surface area contributed by atoms with E-state index in [-0.39, 0.29) is 11.6 Å². The average Bonchev–Trinajstić information content (AvgIpc) is 2.61. The standard InChI is InChI=1S/C20H18FNO2/c1-2-18(20(23)22-17-12-6-5-11-16(17)21)24-19-13-7-9-14-8-3-4-10-15(14)19/h3-13,18H,2H2,1H3,(H,22,23)/t18-/m0/s1. The van der Waals surface area contributed by atoms with Crippen LogP contribution < -0.4 is 10.1 Å². The van der Waals surface area contributed by atoms with Crippen molar-refractivity contribution in [2.75, 3.05) is 5.32 Å². The fourth-order valence-electron chi connectivity index (χ4n) is 2.55. The van der Waals surface area contributed by atoms with Crippen molar-refractivity contribution in [2.24, 2.45) is 0 Å². The minimum absolute atomic E-state index is 0.155. The van der Waals surface area contributed by atoms with Crippen LogP contribution in [-0.4, -0.2) is 12.0 Å². The quantitative estimate of drug-likeness (QED) is 0.734. The van der Waals surface area contributed by atoms with Gasteiger partial charge in [-0.15, -0.1) is 0 Å². The fraction of sp³-hybridized carbons (Fsp3) is 0.150. The van der Waals surface area contributed by atoms with Gasteiger partial charge in [0, 0.05) is 5.39 Å². The van der Waals surface area contributed by atoms with Gasteiger partial charge in [-0.1, -0.05) is 55.5 Å². The summed E-state index contributed by atoms with van der Waals surface area (Å²) in [6, 6.07) is 19.6. The molecule has 0 aliphatic heterocycles. The molecule has 1 atom stereocenters. The second-order valence-electron chi connectivity index (χ2n) is 5.46. The molecule has 0 saturated carbocycles. The Morgan fingerprint density at radius 1 is 1.04 bits per heavy atom. The molecule has 3 aromatic rings. The third-order valence-electron chi connectivity index (χ3n) is 3.81. The maximum Gasteiger partial charge on any atom is 0.265 e. The number of para-hydroxylation sites is 1. The summed E-state index contributed by atoms with van der Waals surface area (Å²) in [5.74, 6) is -0.190. The van der Waals surface area contributed by atoms with Crippen LogP contribution in [0.15, 0.2) is 66.7 Å². The van der Waals surface area contributed by atoms with Gasteiger partial charge in [0.05, 0.1) is 5.69 Å². The fourth-order valence-corrected chi connectivity index (χ4v) is 2.55. The van der Waals surface area contributed by atoms with Gasteiger partial charge in [0.2, 0.25) is 0 Å². The van der Waals surface area contributed by atoms with E-state index in [1.54, 1.807) is 12.1 Å². The van der Waals surface area contributed by atoms with Gasteiger partial charge in [-0.2, -0.15) is 0 Å². The zero-order chi connectivity index (χ0) is 16.9.